The number of hydrogen-bond acceptors (Lipinski definition) is 1. The highest BCUT2D eigenvalue weighted by Gasteiger charge is 2.07. The second-order valence-electron chi connectivity index (χ2n) is 3.70. The van der Waals surface area contributed by atoms with E-state index in [-0.39, 0.29) is 0 Å². The molecule has 0 spiro atoms. The van der Waals surface area contributed by atoms with Gasteiger partial charge in [-0.05, 0) is 49.4 Å². The van der Waals surface area contributed by atoms with Gasteiger partial charge in [-0.1, -0.05) is 19.4 Å². The molecular weight excluding hydrogens is 160 g/mol. The highest BCUT2D eigenvalue weighted by molar-refractivity contribution is 5.48. The van der Waals surface area contributed by atoms with Crippen LogP contribution in [0.15, 0.2) is 6.07 Å². The molecule has 72 valence electrons. The van der Waals surface area contributed by atoms with E-state index in [4.69, 9.17) is 0 Å². The summed E-state index contributed by atoms with van der Waals surface area (Å²) in [6, 6.07) is 2.10. The molecule has 0 aliphatic heterocycles. The highest BCUT2D eigenvalue weighted by atomic mass is 16.3. The molecule has 0 amide bonds. The maximum Gasteiger partial charge on any atom is 0.121 e. The van der Waals surface area contributed by atoms with E-state index >= 15 is 0 Å². The van der Waals surface area contributed by atoms with Crippen LogP contribution in [0, 0.1) is 20.8 Å². The molecule has 1 heteroatoms. The smallest absolute Gasteiger partial charge is 0.121 e. The summed E-state index contributed by atoms with van der Waals surface area (Å²) in [6.45, 7) is 8.20. The van der Waals surface area contributed by atoms with Gasteiger partial charge in [0.05, 0.1) is 0 Å². The van der Waals surface area contributed by atoms with Gasteiger partial charge in [0.2, 0.25) is 0 Å². The number of aromatic hydroxyl groups is 1. The summed E-state index contributed by atoms with van der Waals surface area (Å²) in [4.78, 5) is 0. The third kappa shape index (κ3) is 1.85. The summed E-state index contributed by atoms with van der Waals surface area (Å²) in [5.74, 6) is 0.456. The Bertz CT molecular complexity index is 313. The van der Waals surface area contributed by atoms with E-state index in [1.54, 1.807) is 0 Å². The average molecular weight is 178 g/mol. The molecule has 1 aromatic rings. The van der Waals surface area contributed by atoms with Crippen LogP contribution in [0.2, 0.25) is 0 Å². The molecule has 0 radical (unpaired) electrons. The standard InChI is InChI=1S/C12H18O/c1-5-6-11-7-8(2)12(13)10(4)9(11)3/h7,13H,5-6H2,1-4H3. The Kier molecular flexibility index (Phi) is 2.97. The molecular formula is C12H18O. The van der Waals surface area contributed by atoms with Crippen molar-refractivity contribution in [3.63, 3.8) is 0 Å². The largest absolute Gasteiger partial charge is 0.507 e. The number of hydrogen-bond donors (Lipinski definition) is 1. The summed E-state index contributed by atoms with van der Waals surface area (Å²) in [5, 5.41) is 9.68. The van der Waals surface area contributed by atoms with Crippen LogP contribution in [0.5, 0.6) is 5.75 Å². The minimum atomic E-state index is 0.456. The summed E-state index contributed by atoms with van der Waals surface area (Å²) in [5.41, 5.74) is 4.63. The van der Waals surface area contributed by atoms with Crippen molar-refractivity contribution in [3.8, 4) is 5.75 Å². The van der Waals surface area contributed by atoms with Gasteiger partial charge < -0.3 is 5.11 Å². The fraction of sp³-hybridized carbons (Fsp3) is 0.500. The zero-order valence-corrected chi connectivity index (χ0v) is 8.94. The van der Waals surface area contributed by atoms with E-state index in [0.717, 1.165) is 24.0 Å². The summed E-state index contributed by atoms with van der Waals surface area (Å²) in [6.07, 6.45) is 2.26. The Morgan fingerprint density at radius 3 is 2.31 bits per heavy atom. The molecule has 1 rings (SSSR count). The molecule has 0 atom stereocenters. The molecule has 1 nitrogen and oxygen atoms in total. The normalized spacial score (nSPS) is 10.5. The summed E-state index contributed by atoms with van der Waals surface area (Å²) in [7, 11) is 0. The van der Waals surface area contributed by atoms with E-state index in [0.29, 0.717) is 5.75 Å². The fourth-order valence-electron chi connectivity index (χ4n) is 1.68. The lowest BCUT2D eigenvalue weighted by atomic mass is 9.96. The Labute approximate surface area is 80.4 Å². The van der Waals surface area contributed by atoms with Crippen molar-refractivity contribution in [2.75, 3.05) is 0 Å². The lowest BCUT2D eigenvalue weighted by Crippen LogP contribution is -1.94. The molecule has 0 bridgehead atoms. The third-order valence-corrected chi connectivity index (χ3v) is 2.68. The topological polar surface area (TPSA) is 20.2 Å². The molecule has 1 N–H and O–H groups in total. The zero-order chi connectivity index (χ0) is 10.0. The molecule has 0 fully saturated rings. The molecule has 1 aromatic carbocycles. The molecule has 0 unspecified atom stereocenters. The van der Waals surface area contributed by atoms with Gasteiger partial charge in [-0.25, -0.2) is 0 Å². The predicted molar refractivity (Wildman–Crippen MR) is 56.3 cm³/mol. The Morgan fingerprint density at radius 2 is 1.77 bits per heavy atom. The van der Waals surface area contributed by atoms with E-state index < -0.39 is 0 Å². The van der Waals surface area contributed by atoms with Crippen molar-refractivity contribution >= 4 is 0 Å². The highest BCUT2D eigenvalue weighted by Crippen LogP contribution is 2.27. The fourth-order valence-corrected chi connectivity index (χ4v) is 1.68. The average Bonchev–Trinajstić information content (AvgIpc) is 2.11. The van der Waals surface area contributed by atoms with Crippen molar-refractivity contribution in [3.05, 3.63) is 28.3 Å². The molecule has 0 saturated heterocycles. The maximum absolute atomic E-state index is 9.68. The number of rotatable bonds is 2. The van der Waals surface area contributed by atoms with Crippen LogP contribution in [-0.4, -0.2) is 5.11 Å². The SMILES string of the molecule is CCCc1cc(C)c(O)c(C)c1C. The first-order valence-corrected chi connectivity index (χ1v) is 4.86. The second-order valence-corrected chi connectivity index (χ2v) is 3.70. The van der Waals surface area contributed by atoms with Gasteiger partial charge in [0.25, 0.3) is 0 Å². The van der Waals surface area contributed by atoms with Crippen LogP contribution in [0.3, 0.4) is 0 Å². The maximum atomic E-state index is 9.68. The van der Waals surface area contributed by atoms with Crippen molar-refractivity contribution in [2.45, 2.75) is 40.5 Å². The van der Waals surface area contributed by atoms with Gasteiger partial charge >= 0.3 is 0 Å². The number of phenols is 1. The number of benzene rings is 1. The van der Waals surface area contributed by atoms with Crippen LogP contribution in [0.25, 0.3) is 0 Å². The zero-order valence-electron chi connectivity index (χ0n) is 8.94. The molecule has 0 aliphatic carbocycles. The van der Waals surface area contributed by atoms with Gasteiger partial charge in [-0.15, -0.1) is 0 Å². The van der Waals surface area contributed by atoms with Crippen LogP contribution in [-0.2, 0) is 6.42 Å². The lowest BCUT2D eigenvalue weighted by Gasteiger charge is -2.12. The second kappa shape index (κ2) is 3.82. The van der Waals surface area contributed by atoms with Crippen molar-refractivity contribution in [1.29, 1.82) is 0 Å². The first-order chi connectivity index (χ1) is 6.07. The van der Waals surface area contributed by atoms with E-state index in [1.165, 1.54) is 11.1 Å². The molecule has 0 heterocycles. The third-order valence-electron chi connectivity index (χ3n) is 2.68. The van der Waals surface area contributed by atoms with Gasteiger partial charge in [-0.3, -0.25) is 0 Å². The molecule has 13 heavy (non-hydrogen) atoms. The molecule has 0 aliphatic rings. The van der Waals surface area contributed by atoms with Gasteiger partial charge in [0, 0.05) is 0 Å². The predicted octanol–water partition coefficient (Wildman–Crippen LogP) is 3.27. The van der Waals surface area contributed by atoms with Gasteiger partial charge in [0.15, 0.2) is 0 Å². The minimum absolute atomic E-state index is 0.456. The quantitative estimate of drug-likeness (QED) is 0.737. The summed E-state index contributed by atoms with van der Waals surface area (Å²) >= 11 is 0. The first-order valence-electron chi connectivity index (χ1n) is 4.86. The number of phenolic OH excluding ortho intramolecular Hbond substituents is 1. The van der Waals surface area contributed by atoms with Crippen molar-refractivity contribution < 1.29 is 5.11 Å². The van der Waals surface area contributed by atoms with Crippen LogP contribution in [0.4, 0.5) is 0 Å². The van der Waals surface area contributed by atoms with E-state index in [1.807, 2.05) is 13.8 Å². The molecule has 0 aromatic heterocycles. The van der Waals surface area contributed by atoms with Crippen molar-refractivity contribution in [1.82, 2.24) is 0 Å². The molecule has 0 saturated carbocycles. The summed E-state index contributed by atoms with van der Waals surface area (Å²) < 4.78 is 0. The lowest BCUT2D eigenvalue weighted by molar-refractivity contribution is 0.466. The Morgan fingerprint density at radius 1 is 1.15 bits per heavy atom. The van der Waals surface area contributed by atoms with Crippen LogP contribution >= 0.6 is 0 Å². The first kappa shape index (κ1) is 10.1. The van der Waals surface area contributed by atoms with E-state index in [2.05, 4.69) is 19.9 Å². The van der Waals surface area contributed by atoms with Crippen LogP contribution in [0.1, 0.15) is 35.6 Å². The van der Waals surface area contributed by atoms with Gasteiger partial charge in [-0.2, -0.15) is 0 Å². The minimum Gasteiger partial charge on any atom is -0.507 e. The van der Waals surface area contributed by atoms with Gasteiger partial charge in [0.1, 0.15) is 5.75 Å². The Hall–Kier alpha value is -0.980. The number of aryl methyl sites for hydroxylation is 2. The van der Waals surface area contributed by atoms with Crippen LogP contribution < -0.4 is 0 Å². The van der Waals surface area contributed by atoms with Crippen molar-refractivity contribution in [2.24, 2.45) is 0 Å². The van der Waals surface area contributed by atoms with E-state index in [9.17, 15) is 5.11 Å². The Balaban J connectivity index is 3.24. The monoisotopic (exact) mass is 178 g/mol.